The number of rotatable bonds is 4. The summed E-state index contributed by atoms with van der Waals surface area (Å²) in [5, 5.41) is 11.4. The lowest BCUT2D eigenvalue weighted by Crippen LogP contribution is -2.56. The molecule has 1 heterocycles. The van der Waals surface area contributed by atoms with Gasteiger partial charge in [0.1, 0.15) is 0 Å². The Kier molecular flexibility index (Phi) is 5.41. The van der Waals surface area contributed by atoms with Crippen molar-refractivity contribution in [3.63, 3.8) is 0 Å². The number of para-hydroxylation sites is 4. The third-order valence-corrected chi connectivity index (χ3v) is 7.77. The Morgan fingerprint density at radius 3 is 2.12 bits per heavy atom. The highest BCUT2D eigenvalue weighted by atomic mass is 32.2. The van der Waals surface area contributed by atoms with Crippen LogP contribution in [-0.2, 0) is 10.0 Å². The van der Waals surface area contributed by atoms with Crippen molar-refractivity contribution < 1.29 is 18.3 Å². The molecule has 166 valence electrons. The van der Waals surface area contributed by atoms with Crippen LogP contribution in [0.15, 0.2) is 77.7 Å². The van der Waals surface area contributed by atoms with E-state index < -0.39 is 22.2 Å². The summed E-state index contributed by atoms with van der Waals surface area (Å²) in [6.07, 6.45) is 1.23. The van der Waals surface area contributed by atoms with Crippen LogP contribution < -0.4 is 14.4 Å². The molecular weight excluding hydrogens is 424 g/mol. The van der Waals surface area contributed by atoms with Crippen molar-refractivity contribution in [2.24, 2.45) is 0 Å². The molecule has 6 nitrogen and oxygen atoms in total. The molecule has 1 aliphatic heterocycles. The number of aliphatic hydroxyl groups is 1. The van der Waals surface area contributed by atoms with E-state index in [9.17, 15) is 13.5 Å². The summed E-state index contributed by atoms with van der Waals surface area (Å²) < 4.78 is 34.8. The Morgan fingerprint density at radius 1 is 0.906 bits per heavy atom. The van der Waals surface area contributed by atoms with Crippen molar-refractivity contribution in [1.82, 2.24) is 4.72 Å². The molecule has 1 saturated carbocycles. The molecule has 3 aromatic carbocycles. The number of sulfonamides is 1. The fourth-order valence-corrected chi connectivity index (χ4v) is 5.93. The Labute approximate surface area is 188 Å². The summed E-state index contributed by atoms with van der Waals surface area (Å²) in [4.78, 5) is 2.31. The summed E-state index contributed by atoms with van der Waals surface area (Å²) in [5.41, 5.74) is 2.74. The highest BCUT2D eigenvalue weighted by molar-refractivity contribution is 7.89. The van der Waals surface area contributed by atoms with Gasteiger partial charge in [0.25, 0.3) is 0 Å². The van der Waals surface area contributed by atoms with Gasteiger partial charge in [0.2, 0.25) is 10.0 Å². The van der Waals surface area contributed by atoms with Gasteiger partial charge in [-0.1, -0.05) is 42.0 Å². The van der Waals surface area contributed by atoms with Crippen molar-refractivity contribution in [1.29, 1.82) is 0 Å². The van der Waals surface area contributed by atoms with Crippen molar-refractivity contribution in [3.05, 3.63) is 78.4 Å². The zero-order chi connectivity index (χ0) is 22.3. The minimum absolute atomic E-state index is 0.208. The predicted molar refractivity (Wildman–Crippen MR) is 124 cm³/mol. The molecule has 32 heavy (non-hydrogen) atoms. The lowest BCUT2D eigenvalue weighted by molar-refractivity contribution is 0.0807. The average Bonchev–Trinajstić information content (AvgIpc) is 2.79. The second-order valence-corrected chi connectivity index (χ2v) is 10.2. The number of benzene rings is 3. The third kappa shape index (κ3) is 3.77. The van der Waals surface area contributed by atoms with Gasteiger partial charge in [0.15, 0.2) is 11.5 Å². The maximum Gasteiger partial charge on any atom is 0.240 e. The minimum atomic E-state index is -3.74. The second-order valence-electron chi connectivity index (χ2n) is 8.44. The van der Waals surface area contributed by atoms with Gasteiger partial charge in [0.05, 0.1) is 34.5 Å². The molecule has 7 heteroatoms. The third-order valence-electron chi connectivity index (χ3n) is 6.26. The summed E-state index contributed by atoms with van der Waals surface area (Å²) >= 11 is 0. The van der Waals surface area contributed by atoms with Crippen LogP contribution in [0.4, 0.5) is 11.4 Å². The molecule has 0 aromatic heterocycles. The van der Waals surface area contributed by atoms with Gasteiger partial charge >= 0.3 is 0 Å². The first-order chi connectivity index (χ1) is 15.4. The number of nitrogens with one attached hydrogen (secondary N) is 1. The lowest BCUT2D eigenvalue weighted by Gasteiger charge is -2.44. The van der Waals surface area contributed by atoms with E-state index in [1.54, 1.807) is 24.3 Å². The molecule has 0 amide bonds. The zero-order valence-corrected chi connectivity index (χ0v) is 18.6. The fraction of sp³-hybridized carbons (Fsp3) is 0.280. The van der Waals surface area contributed by atoms with Crippen molar-refractivity contribution in [2.75, 3.05) is 4.90 Å². The minimum Gasteiger partial charge on any atom is -0.453 e. The van der Waals surface area contributed by atoms with Crippen LogP contribution >= 0.6 is 0 Å². The number of hydrogen-bond donors (Lipinski definition) is 2. The number of aryl methyl sites for hydroxylation is 1. The van der Waals surface area contributed by atoms with E-state index in [2.05, 4.69) is 9.62 Å². The number of aliphatic hydroxyl groups excluding tert-OH is 1. The van der Waals surface area contributed by atoms with Gasteiger partial charge in [-0.05, 0) is 62.6 Å². The van der Waals surface area contributed by atoms with Gasteiger partial charge in [-0.25, -0.2) is 13.1 Å². The predicted octanol–water partition coefficient (Wildman–Crippen LogP) is 4.50. The monoisotopic (exact) mass is 450 g/mol. The molecule has 1 fully saturated rings. The highest BCUT2D eigenvalue weighted by Crippen LogP contribution is 2.49. The van der Waals surface area contributed by atoms with Crippen molar-refractivity contribution in [2.45, 2.75) is 49.3 Å². The molecule has 0 bridgehead atoms. The first kappa shape index (κ1) is 21.0. The lowest BCUT2D eigenvalue weighted by atomic mass is 9.86. The van der Waals surface area contributed by atoms with Gasteiger partial charge in [-0.2, -0.15) is 0 Å². The summed E-state index contributed by atoms with van der Waals surface area (Å²) in [6.45, 7) is 1.91. The summed E-state index contributed by atoms with van der Waals surface area (Å²) in [5.74, 6) is 1.45. The maximum absolute atomic E-state index is 13.0. The molecule has 5 rings (SSSR count). The van der Waals surface area contributed by atoms with Crippen LogP contribution in [0, 0.1) is 6.92 Å². The van der Waals surface area contributed by atoms with E-state index in [1.165, 1.54) is 0 Å². The van der Waals surface area contributed by atoms with Crippen LogP contribution in [0.3, 0.4) is 0 Å². The first-order valence-electron chi connectivity index (χ1n) is 10.9. The standard InChI is InChI=1S/C25H26N2O4S/c1-17-13-15-18(16-14-17)32(29,30)26-19-7-6-10-22(25(19)28)27-20-8-2-4-11-23(20)31-24-12-5-3-9-21(24)27/h2-5,8-9,11-16,19,22,25-26,28H,6-7,10H2,1H3/t19-,22+,25+/m0/s1. The summed E-state index contributed by atoms with van der Waals surface area (Å²) in [7, 11) is -3.74. The molecule has 2 aliphatic rings. The molecule has 3 aromatic rings. The van der Waals surface area contributed by atoms with E-state index in [1.807, 2.05) is 55.5 Å². The number of ether oxygens (including phenoxy) is 1. The second kappa shape index (κ2) is 8.24. The Bertz CT molecular complexity index is 1180. The smallest absolute Gasteiger partial charge is 0.240 e. The molecular formula is C25H26N2O4S. The Balaban J connectivity index is 1.46. The topological polar surface area (TPSA) is 78.9 Å². The fourth-order valence-electron chi connectivity index (χ4n) is 4.64. The summed E-state index contributed by atoms with van der Waals surface area (Å²) in [6, 6.07) is 21.3. The van der Waals surface area contributed by atoms with E-state index >= 15 is 0 Å². The largest absolute Gasteiger partial charge is 0.453 e. The van der Waals surface area contributed by atoms with Gasteiger partial charge in [-0.15, -0.1) is 0 Å². The molecule has 0 radical (unpaired) electrons. The normalized spacial score (nSPS) is 22.6. The quantitative estimate of drug-likeness (QED) is 0.612. The van der Waals surface area contributed by atoms with Crippen LogP contribution in [0.2, 0.25) is 0 Å². The SMILES string of the molecule is Cc1ccc(S(=O)(=O)N[C@H]2CCC[C@@H](N3c4ccccc4Oc4ccccc43)[C@@H]2O)cc1. The molecule has 0 spiro atoms. The number of hydrogen-bond acceptors (Lipinski definition) is 5. The molecule has 0 saturated heterocycles. The van der Waals surface area contributed by atoms with E-state index in [4.69, 9.17) is 4.74 Å². The molecule has 1 aliphatic carbocycles. The van der Waals surface area contributed by atoms with Crippen molar-refractivity contribution in [3.8, 4) is 11.5 Å². The molecule has 2 N–H and O–H groups in total. The first-order valence-corrected chi connectivity index (χ1v) is 12.3. The zero-order valence-electron chi connectivity index (χ0n) is 17.8. The molecule has 0 unspecified atom stereocenters. The maximum atomic E-state index is 13.0. The van der Waals surface area contributed by atoms with Gasteiger partial charge in [0, 0.05) is 0 Å². The average molecular weight is 451 g/mol. The number of nitrogens with zero attached hydrogens (tertiary/aromatic N) is 1. The van der Waals surface area contributed by atoms with Gasteiger partial charge < -0.3 is 14.7 Å². The highest BCUT2D eigenvalue weighted by Gasteiger charge is 2.41. The Morgan fingerprint density at radius 2 is 1.50 bits per heavy atom. The van der Waals surface area contributed by atoms with E-state index in [0.717, 1.165) is 41.3 Å². The van der Waals surface area contributed by atoms with Crippen LogP contribution in [0.5, 0.6) is 11.5 Å². The van der Waals surface area contributed by atoms with E-state index in [-0.39, 0.29) is 10.9 Å². The molecule has 3 atom stereocenters. The van der Waals surface area contributed by atoms with Crippen LogP contribution in [0.1, 0.15) is 24.8 Å². The Hall–Kier alpha value is -2.87. The van der Waals surface area contributed by atoms with Crippen LogP contribution in [0.25, 0.3) is 0 Å². The number of anilines is 2. The van der Waals surface area contributed by atoms with E-state index in [0.29, 0.717) is 6.42 Å². The number of fused-ring (bicyclic) bond motifs is 2. The van der Waals surface area contributed by atoms with Gasteiger partial charge in [-0.3, -0.25) is 0 Å². The van der Waals surface area contributed by atoms with Crippen LogP contribution in [-0.4, -0.2) is 31.7 Å². The van der Waals surface area contributed by atoms with Crippen molar-refractivity contribution >= 4 is 21.4 Å².